The Morgan fingerprint density at radius 1 is 1.73 bits per heavy atom. The number of aliphatic hydroxyl groups excluding tert-OH is 1. The maximum absolute atomic E-state index is 11.0. The minimum absolute atomic E-state index is 0.115. The smallest absolute Gasteiger partial charge is 0.330 e. The van der Waals surface area contributed by atoms with Gasteiger partial charge in [0.2, 0.25) is 0 Å². The molecule has 0 amide bonds. The molecule has 0 aromatic rings. The third-order valence-corrected chi connectivity index (χ3v) is 1.98. The number of hydrogen-bond acceptors (Lipinski definition) is 4. The van der Waals surface area contributed by atoms with Crippen molar-refractivity contribution in [2.24, 2.45) is 0 Å². The van der Waals surface area contributed by atoms with Crippen LogP contribution in [0.2, 0.25) is 0 Å². The molecule has 0 heterocycles. The van der Waals surface area contributed by atoms with Gasteiger partial charge in [-0.05, 0) is 31.2 Å². The van der Waals surface area contributed by atoms with Crippen LogP contribution in [0.15, 0.2) is 36.1 Å². The minimum atomic E-state index is -1.21. The molecule has 0 radical (unpaired) electrons. The zero-order valence-corrected chi connectivity index (χ0v) is 8.51. The average Bonchev–Trinajstić information content (AvgIpc) is 2.21. The summed E-state index contributed by atoms with van der Waals surface area (Å²) in [5.74, 6) is -0.373. The van der Waals surface area contributed by atoms with Crippen molar-refractivity contribution in [2.75, 3.05) is 6.61 Å². The highest BCUT2D eigenvalue weighted by atomic mass is 16.5. The van der Waals surface area contributed by atoms with Crippen LogP contribution >= 0.6 is 0 Å². The van der Waals surface area contributed by atoms with Crippen LogP contribution in [0.1, 0.15) is 13.3 Å². The van der Waals surface area contributed by atoms with Crippen LogP contribution < -0.4 is 0 Å². The molecule has 15 heavy (non-hydrogen) atoms. The molecule has 1 rings (SSSR count). The van der Waals surface area contributed by atoms with Gasteiger partial charge in [0.25, 0.3) is 0 Å². The largest absolute Gasteiger partial charge is 0.508 e. The lowest BCUT2D eigenvalue weighted by Crippen LogP contribution is -2.24. The van der Waals surface area contributed by atoms with Gasteiger partial charge in [0.15, 0.2) is 0 Å². The highest BCUT2D eigenvalue weighted by molar-refractivity contribution is 5.82. The van der Waals surface area contributed by atoms with E-state index in [2.05, 4.69) is 4.74 Å². The summed E-state index contributed by atoms with van der Waals surface area (Å²) < 4.78 is 4.67. The fourth-order valence-electron chi connectivity index (χ4n) is 1.16. The molecule has 0 aromatic carbocycles. The first kappa shape index (κ1) is 11.5. The molecule has 0 spiro atoms. The van der Waals surface area contributed by atoms with Gasteiger partial charge in [-0.3, -0.25) is 0 Å². The molecule has 0 aliphatic heterocycles. The molecule has 0 saturated heterocycles. The second-order valence-corrected chi connectivity index (χ2v) is 3.24. The van der Waals surface area contributed by atoms with Crippen molar-refractivity contribution in [1.82, 2.24) is 0 Å². The molecule has 82 valence electrons. The van der Waals surface area contributed by atoms with E-state index in [0.717, 1.165) is 0 Å². The standard InChI is InChI=1S/C11H14O4/c1-2-15-10(13)5-8-11(14)6-3-9(12)4-7-11/h3-6,8,12,14H,2,7H2,1H3. The van der Waals surface area contributed by atoms with Gasteiger partial charge >= 0.3 is 5.97 Å². The minimum Gasteiger partial charge on any atom is -0.508 e. The summed E-state index contributed by atoms with van der Waals surface area (Å²) in [6, 6.07) is 0. The van der Waals surface area contributed by atoms with E-state index in [1.807, 2.05) is 0 Å². The molecule has 0 aromatic heterocycles. The highest BCUT2D eigenvalue weighted by Crippen LogP contribution is 2.21. The van der Waals surface area contributed by atoms with E-state index < -0.39 is 11.6 Å². The Morgan fingerprint density at radius 3 is 3.00 bits per heavy atom. The Kier molecular flexibility index (Phi) is 3.68. The van der Waals surface area contributed by atoms with Crippen LogP contribution in [0.4, 0.5) is 0 Å². The van der Waals surface area contributed by atoms with Crippen LogP contribution in [0, 0.1) is 0 Å². The number of allylic oxidation sites excluding steroid dienone is 1. The number of aliphatic hydroxyl groups is 2. The first-order chi connectivity index (χ1) is 7.06. The van der Waals surface area contributed by atoms with E-state index in [9.17, 15) is 9.90 Å². The van der Waals surface area contributed by atoms with Gasteiger partial charge in [0.05, 0.1) is 6.61 Å². The maximum atomic E-state index is 11.0. The molecular weight excluding hydrogens is 196 g/mol. The topological polar surface area (TPSA) is 66.8 Å². The van der Waals surface area contributed by atoms with Gasteiger partial charge in [-0.25, -0.2) is 4.79 Å². The maximum Gasteiger partial charge on any atom is 0.330 e. The lowest BCUT2D eigenvalue weighted by atomic mass is 9.94. The summed E-state index contributed by atoms with van der Waals surface area (Å²) in [4.78, 5) is 11.0. The average molecular weight is 210 g/mol. The number of rotatable bonds is 3. The van der Waals surface area contributed by atoms with Crippen molar-refractivity contribution >= 4 is 5.97 Å². The third-order valence-electron chi connectivity index (χ3n) is 1.98. The van der Waals surface area contributed by atoms with Gasteiger partial charge in [-0.1, -0.05) is 0 Å². The number of carbonyl (C=O) groups excluding carboxylic acids is 1. The van der Waals surface area contributed by atoms with Crippen LogP contribution in [-0.2, 0) is 9.53 Å². The predicted octanol–water partition coefficient (Wildman–Crippen LogP) is 1.24. The summed E-state index contributed by atoms with van der Waals surface area (Å²) in [7, 11) is 0. The monoisotopic (exact) mass is 210 g/mol. The van der Waals surface area contributed by atoms with Crippen LogP contribution in [0.25, 0.3) is 0 Å². The molecule has 2 N–H and O–H groups in total. The second kappa shape index (κ2) is 4.79. The Hall–Kier alpha value is -1.55. The molecule has 4 nitrogen and oxygen atoms in total. The molecule has 1 aliphatic carbocycles. The van der Waals surface area contributed by atoms with Gasteiger partial charge in [-0.15, -0.1) is 0 Å². The fraction of sp³-hybridized carbons (Fsp3) is 0.364. The quantitative estimate of drug-likeness (QED) is 0.543. The van der Waals surface area contributed by atoms with Crippen LogP contribution in [-0.4, -0.2) is 28.4 Å². The number of hydrogen-bond donors (Lipinski definition) is 2. The lowest BCUT2D eigenvalue weighted by Gasteiger charge is -2.21. The molecule has 1 unspecified atom stereocenters. The number of carbonyl (C=O) groups is 1. The van der Waals surface area contributed by atoms with Gasteiger partial charge in [0, 0.05) is 12.5 Å². The predicted molar refractivity (Wildman–Crippen MR) is 55.2 cm³/mol. The van der Waals surface area contributed by atoms with Crippen molar-refractivity contribution < 1.29 is 19.7 Å². The number of ether oxygens (including phenoxy) is 1. The SMILES string of the molecule is CCOC(=O)C=CC1(O)C=CC(O)=CC1. The van der Waals surface area contributed by atoms with Gasteiger partial charge in [0.1, 0.15) is 11.4 Å². The Balaban J connectivity index is 2.59. The second-order valence-electron chi connectivity index (χ2n) is 3.24. The summed E-state index contributed by atoms with van der Waals surface area (Å²) in [6.07, 6.45) is 7.08. The Labute approximate surface area is 88.2 Å². The first-order valence-corrected chi connectivity index (χ1v) is 4.72. The van der Waals surface area contributed by atoms with Crippen LogP contribution in [0.5, 0.6) is 0 Å². The molecule has 1 aliphatic rings. The summed E-state index contributed by atoms with van der Waals surface area (Å²) in [5.41, 5.74) is -1.21. The van der Waals surface area contributed by atoms with Crippen molar-refractivity contribution in [3.63, 3.8) is 0 Å². The summed E-state index contributed by atoms with van der Waals surface area (Å²) in [5, 5.41) is 18.9. The normalized spacial score (nSPS) is 25.3. The molecular formula is C11H14O4. The zero-order valence-electron chi connectivity index (χ0n) is 8.51. The zero-order chi connectivity index (χ0) is 11.3. The van der Waals surface area contributed by atoms with E-state index >= 15 is 0 Å². The van der Waals surface area contributed by atoms with E-state index in [1.54, 1.807) is 6.92 Å². The molecule has 0 saturated carbocycles. The van der Waals surface area contributed by atoms with E-state index in [4.69, 9.17) is 5.11 Å². The highest BCUT2D eigenvalue weighted by Gasteiger charge is 2.21. The lowest BCUT2D eigenvalue weighted by molar-refractivity contribution is -0.137. The first-order valence-electron chi connectivity index (χ1n) is 4.72. The van der Waals surface area contributed by atoms with E-state index in [1.165, 1.54) is 30.4 Å². The van der Waals surface area contributed by atoms with E-state index in [-0.39, 0.29) is 12.2 Å². The van der Waals surface area contributed by atoms with E-state index in [0.29, 0.717) is 6.61 Å². The summed E-state index contributed by atoms with van der Waals surface area (Å²) >= 11 is 0. The summed E-state index contributed by atoms with van der Waals surface area (Å²) in [6.45, 7) is 2.01. The van der Waals surface area contributed by atoms with Crippen molar-refractivity contribution in [2.45, 2.75) is 18.9 Å². The van der Waals surface area contributed by atoms with Crippen molar-refractivity contribution in [3.05, 3.63) is 36.1 Å². The van der Waals surface area contributed by atoms with Gasteiger partial charge in [-0.2, -0.15) is 0 Å². The van der Waals surface area contributed by atoms with Gasteiger partial charge < -0.3 is 14.9 Å². The van der Waals surface area contributed by atoms with Crippen molar-refractivity contribution in [3.8, 4) is 0 Å². The molecule has 0 fully saturated rings. The Morgan fingerprint density at radius 2 is 2.47 bits per heavy atom. The number of esters is 1. The third kappa shape index (κ3) is 3.59. The molecule has 0 bridgehead atoms. The van der Waals surface area contributed by atoms with Crippen LogP contribution in [0.3, 0.4) is 0 Å². The van der Waals surface area contributed by atoms with Crippen molar-refractivity contribution in [1.29, 1.82) is 0 Å². The molecule has 4 heteroatoms. The molecule has 1 atom stereocenters. The fourth-order valence-corrected chi connectivity index (χ4v) is 1.16. The Bertz CT molecular complexity index is 327.